The zero-order valence-electron chi connectivity index (χ0n) is 7.26. The molecule has 1 rings (SSSR count). The van der Waals surface area contributed by atoms with Crippen molar-refractivity contribution in [3.8, 4) is 0 Å². The lowest BCUT2D eigenvalue weighted by atomic mass is 10.3. The molecule has 1 aliphatic heterocycles. The van der Waals surface area contributed by atoms with Crippen molar-refractivity contribution in [2.75, 3.05) is 6.54 Å². The molecule has 0 N–H and O–H groups in total. The van der Waals surface area contributed by atoms with E-state index < -0.39 is 11.2 Å². The Kier molecular flexibility index (Phi) is 3.30. The molecule has 0 saturated heterocycles. The van der Waals surface area contributed by atoms with Gasteiger partial charge in [-0.25, -0.2) is 5.01 Å². The van der Waals surface area contributed by atoms with E-state index in [9.17, 15) is 10.1 Å². The van der Waals surface area contributed by atoms with Crippen LogP contribution in [0, 0.1) is 10.1 Å². The standard InChI is InChI=1S/C6H11ClN4O2/c1-2-3-4-10-6(11(12)13)9(7)5-8-10/h5-6H,2-4H2,1H3. The minimum Gasteiger partial charge on any atom is -0.261 e. The molecule has 0 aromatic heterocycles. The van der Waals surface area contributed by atoms with Gasteiger partial charge in [0.15, 0.2) is 0 Å². The second kappa shape index (κ2) is 4.27. The number of rotatable bonds is 4. The van der Waals surface area contributed by atoms with E-state index in [1.165, 1.54) is 11.3 Å². The van der Waals surface area contributed by atoms with E-state index in [4.69, 9.17) is 11.8 Å². The molecule has 1 heterocycles. The Morgan fingerprint density at radius 2 is 2.46 bits per heavy atom. The molecule has 1 aliphatic rings. The van der Waals surface area contributed by atoms with E-state index in [0.29, 0.717) is 6.54 Å². The highest BCUT2D eigenvalue weighted by Crippen LogP contribution is 2.15. The third-order valence-electron chi connectivity index (χ3n) is 1.73. The van der Waals surface area contributed by atoms with Crippen LogP contribution < -0.4 is 0 Å². The number of hydrogen-bond acceptors (Lipinski definition) is 5. The molecule has 1 unspecified atom stereocenters. The average Bonchev–Trinajstić information content (AvgIpc) is 2.43. The first-order valence-electron chi connectivity index (χ1n) is 4.05. The van der Waals surface area contributed by atoms with Crippen LogP contribution in [-0.4, -0.2) is 33.5 Å². The van der Waals surface area contributed by atoms with Gasteiger partial charge < -0.3 is 0 Å². The Labute approximate surface area is 81.0 Å². The second-order valence-electron chi connectivity index (χ2n) is 2.72. The van der Waals surface area contributed by atoms with Crippen molar-refractivity contribution in [2.24, 2.45) is 5.10 Å². The van der Waals surface area contributed by atoms with Crippen LogP contribution in [0.2, 0.25) is 0 Å². The van der Waals surface area contributed by atoms with Crippen molar-refractivity contribution < 1.29 is 4.92 Å². The third-order valence-corrected chi connectivity index (χ3v) is 1.99. The van der Waals surface area contributed by atoms with Crippen molar-refractivity contribution in [2.45, 2.75) is 26.1 Å². The van der Waals surface area contributed by atoms with Gasteiger partial charge >= 0.3 is 6.29 Å². The maximum absolute atomic E-state index is 10.5. The first-order valence-corrected chi connectivity index (χ1v) is 4.39. The number of halogens is 1. The predicted octanol–water partition coefficient (Wildman–Crippen LogP) is 1.06. The summed E-state index contributed by atoms with van der Waals surface area (Å²) < 4.78 is 0.968. The van der Waals surface area contributed by atoms with Crippen molar-refractivity contribution in [3.63, 3.8) is 0 Å². The topological polar surface area (TPSA) is 62.0 Å². The molecule has 0 aromatic carbocycles. The maximum Gasteiger partial charge on any atom is 0.397 e. The summed E-state index contributed by atoms with van der Waals surface area (Å²) in [5.41, 5.74) is 0. The Balaban J connectivity index is 2.53. The van der Waals surface area contributed by atoms with E-state index >= 15 is 0 Å². The van der Waals surface area contributed by atoms with E-state index in [1.54, 1.807) is 0 Å². The first-order chi connectivity index (χ1) is 6.16. The van der Waals surface area contributed by atoms with Crippen molar-refractivity contribution in [1.29, 1.82) is 0 Å². The highest BCUT2D eigenvalue weighted by Gasteiger charge is 2.36. The zero-order valence-corrected chi connectivity index (χ0v) is 8.02. The van der Waals surface area contributed by atoms with Crippen molar-refractivity contribution >= 4 is 18.1 Å². The molecule has 74 valence electrons. The SMILES string of the molecule is CCCCN1N=CN(Cl)C1[N+](=O)[O-]. The highest BCUT2D eigenvalue weighted by molar-refractivity contribution is 6.19. The average molecular weight is 207 g/mol. The van der Waals surface area contributed by atoms with E-state index in [1.807, 2.05) is 6.92 Å². The quantitative estimate of drug-likeness (QED) is 0.392. The Morgan fingerprint density at radius 3 is 3.00 bits per heavy atom. The summed E-state index contributed by atoms with van der Waals surface area (Å²) in [4.78, 5) is 10.1. The number of nitrogens with zero attached hydrogens (tertiary/aromatic N) is 4. The lowest BCUT2D eigenvalue weighted by molar-refractivity contribution is -0.564. The normalized spacial score (nSPS) is 21.2. The van der Waals surface area contributed by atoms with Crippen molar-refractivity contribution in [3.05, 3.63) is 10.1 Å². The molecule has 0 amide bonds. The van der Waals surface area contributed by atoms with Gasteiger partial charge in [0.2, 0.25) is 0 Å². The van der Waals surface area contributed by atoms with Crippen LogP contribution >= 0.6 is 11.8 Å². The summed E-state index contributed by atoms with van der Waals surface area (Å²) in [6, 6.07) is 0. The summed E-state index contributed by atoms with van der Waals surface area (Å²) in [6.07, 6.45) is 2.05. The fraction of sp³-hybridized carbons (Fsp3) is 0.833. The van der Waals surface area contributed by atoms with Crippen molar-refractivity contribution in [1.82, 2.24) is 9.43 Å². The van der Waals surface area contributed by atoms with Crippen LogP contribution in [0.3, 0.4) is 0 Å². The van der Waals surface area contributed by atoms with Gasteiger partial charge in [-0.05, 0) is 6.42 Å². The molecule has 0 fully saturated rings. The van der Waals surface area contributed by atoms with Crippen LogP contribution in [-0.2, 0) is 0 Å². The number of hydrazone groups is 1. The fourth-order valence-corrected chi connectivity index (χ4v) is 1.27. The van der Waals surface area contributed by atoms with E-state index in [-0.39, 0.29) is 0 Å². The monoisotopic (exact) mass is 206 g/mol. The summed E-state index contributed by atoms with van der Waals surface area (Å²) in [5, 5.41) is 15.7. The fourth-order valence-electron chi connectivity index (χ4n) is 1.05. The van der Waals surface area contributed by atoms with Gasteiger partial charge in [-0.15, -0.1) is 0 Å². The zero-order chi connectivity index (χ0) is 9.84. The molecule has 7 heteroatoms. The van der Waals surface area contributed by atoms with Gasteiger partial charge in [0.25, 0.3) is 0 Å². The Hall–Kier alpha value is -1.04. The maximum atomic E-state index is 10.5. The third kappa shape index (κ3) is 2.21. The smallest absolute Gasteiger partial charge is 0.261 e. The molecule has 0 spiro atoms. The minimum absolute atomic E-state index is 0.463. The van der Waals surface area contributed by atoms with E-state index in [2.05, 4.69) is 5.10 Å². The Bertz CT molecular complexity index is 223. The molecule has 0 radical (unpaired) electrons. The molecule has 0 aromatic rings. The van der Waals surface area contributed by atoms with Gasteiger partial charge in [-0.2, -0.15) is 9.52 Å². The lowest BCUT2D eigenvalue weighted by Crippen LogP contribution is -2.41. The molecular formula is C6H11ClN4O2. The van der Waals surface area contributed by atoms with Crippen LogP contribution in [0.25, 0.3) is 0 Å². The van der Waals surface area contributed by atoms with Crippen LogP contribution in [0.1, 0.15) is 19.8 Å². The van der Waals surface area contributed by atoms with E-state index in [0.717, 1.165) is 17.3 Å². The first kappa shape index (κ1) is 10.0. The Morgan fingerprint density at radius 1 is 1.77 bits per heavy atom. The molecular weight excluding hydrogens is 196 g/mol. The van der Waals surface area contributed by atoms with Gasteiger partial charge in [-0.1, -0.05) is 13.3 Å². The molecule has 0 aliphatic carbocycles. The van der Waals surface area contributed by atoms with Crippen LogP contribution in [0.15, 0.2) is 5.10 Å². The molecule has 1 atom stereocenters. The molecule has 6 nitrogen and oxygen atoms in total. The second-order valence-corrected chi connectivity index (χ2v) is 3.11. The summed E-state index contributed by atoms with van der Waals surface area (Å²) in [6.45, 7) is 2.57. The molecule has 0 saturated carbocycles. The minimum atomic E-state index is -1.05. The molecule has 0 bridgehead atoms. The summed E-state index contributed by atoms with van der Waals surface area (Å²) in [5.74, 6) is 0. The largest absolute Gasteiger partial charge is 0.397 e. The highest BCUT2D eigenvalue weighted by atomic mass is 35.5. The molecule has 13 heavy (non-hydrogen) atoms. The number of nitro groups is 1. The van der Waals surface area contributed by atoms with Gasteiger partial charge in [0, 0.05) is 18.3 Å². The van der Waals surface area contributed by atoms with Gasteiger partial charge in [-0.3, -0.25) is 10.1 Å². The summed E-state index contributed by atoms with van der Waals surface area (Å²) >= 11 is 5.55. The number of unbranched alkanes of at least 4 members (excludes halogenated alkanes) is 1. The summed E-state index contributed by atoms with van der Waals surface area (Å²) in [7, 11) is 0. The van der Waals surface area contributed by atoms with Crippen LogP contribution in [0.4, 0.5) is 0 Å². The lowest BCUT2D eigenvalue weighted by Gasteiger charge is -2.18. The van der Waals surface area contributed by atoms with Gasteiger partial charge in [0.1, 0.15) is 6.34 Å². The van der Waals surface area contributed by atoms with Gasteiger partial charge in [0.05, 0.1) is 4.92 Å². The number of hydrogen-bond donors (Lipinski definition) is 0. The van der Waals surface area contributed by atoms with Crippen LogP contribution in [0.5, 0.6) is 0 Å². The predicted molar refractivity (Wildman–Crippen MR) is 48.6 cm³/mol.